The Morgan fingerprint density at radius 1 is 0.833 bits per heavy atom. The largest absolute Gasteiger partial charge is 0.496 e. The van der Waals surface area contributed by atoms with Gasteiger partial charge < -0.3 is 34.1 Å². The number of likely N-dealkylation sites (N-methyl/N-ethyl adjacent to an activating group) is 1. The molecule has 0 aromatic heterocycles. The number of carbonyl (C=O) groups is 1. The lowest BCUT2D eigenvalue weighted by atomic mass is 10.1. The number of anilines is 2. The maximum absolute atomic E-state index is 13.1. The van der Waals surface area contributed by atoms with Crippen LogP contribution in [0.25, 0.3) is 6.08 Å². The van der Waals surface area contributed by atoms with Crippen LogP contribution in [0, 0.1) is 0 Å². The Kier molecular flexibility index (Phi) is 9.97. The molecular formula is C31H37N3O7S. The van der Waals surface area contributed by atoms with E-state index >= 15 is 0 Å². The van der Waals surface area contributed by atoms with E-state index in [-0.39, 0.29) is 11.7 Å². The van der Waals surface area contributed by atoms with Crippen LogP contribution in [0.15, 0.2) is 60.0 Å². The SMILES string of the molecule is COc1cc(OC)c(/C=C/S(=O)(=O)Cc2ccc(OC)c(NC(=O)c3ccc(N4CCN(C)CC4)cc3)c2)c(OC)c1. The second-order valence-corrected chi connectivity index (χ2v) is 11.8. The number of nitrogens with zero attached hydrogens (tertiary/aromatic N) is 2. The molecule has 1 aliphatic heterocycles. The van der Waals surface area contributed by atoms with Gasteiger partial charge in [0.15, 0.2) is 9.84 Å². The van der Waals surface area contributed by atoms with Gasteiger partial charge in [0.1, 0.15) is 23.0 Å². The van der Waals surface area contributed by atoms with E-state index in [4.69, 9.17) is 18.9 Å². The Balaban J connectivity index is 1.49. The molecule has 0 spiro atoms. The topological polar surface area (TPSA) is 107 Å². The van der Waals surface area contributed by atoms with Crippen molar-refractivity contribution in [3.8, 4) is 23.0 Å². The predicted octanol–water partition coefficient (Wildman–Crippen LogP) is 4.31. The van der Waals surface area contributed by atoms with Crippen molar-refractivity contribution in [2.24, 2.45) is 0 Å². The van der Waals surface area contributed by atoms with E-state index in [2.05, 4.69) is 22.2 Å². The first-order chi connectivity index (χ1) is 20.2. The number of amides is 1. The van der Waals surface area contributed by atoms with E-state index in [1.54, 1.807) is 42.5 Å². The summed E-state index contributed by atoms with van der Waals surface area (Å²) in [5.74, 6) is 1.13. The van der Waals surface area contributed by atoms with Crippen LogP contribution >= 0.6 is 0 Å². The third-order valence-electron chi connectivity index (χ3n) is 7.07. The summed E-state index contributed by atoms with van der Waals surface area (Å²) < 4.78 is 47.6. The highest BCUT2D eigenvalue weighted by Gasteiger charge is 2.18. The van der Waals surface area contributed by atoms with Gasteiger partial charge in [-0.15, -0.1) is 0 Å². The molecule has 0 radical (unpaired) electrons. The van der Waals surface area contributed by atoms with E-state index in [1.807, 2.05) is 12.1 Å². The molecule has 11 heteroatoms. The van der Waals surface area contributed by atoms with Crippen LogP contribution in [0.1, 0.15) is 21.5 Å². The van der Waals surface area contributed by atoms with Gasteiger partial charge in [-0.05, 0) is 55.1 Å². The number of piperazine rings is 1. The van der Waals surface area contributed by atoms with E-state index in [9.17, 15) is 13.2 Å². The van der Waals surface area contributed by atoms with Gasteiger partial charge in [-0.2, -0.15) is 0 Å². The molecule has 4 rings (SSSR count). The average Bonchev–Trinajstić information content (AvgIpc) is 3.00. The molecule has 0 bridgehead atoms. The molecular weight excluding hydrogens is 558 g/mol. The summed E-state index contributed by atoms with van der Waals surface area (Å²) in [5, 5.41) is 3.98. The monoisotopic (exact) mass is 595 g/mol. The number of ether oxygens (including phenoxy) is 4. The summed E-state index contributed by atoms with van der Waals surface area (Å²) in [6.45, 7) is 3.86. The fourth-order valence-electron chi connectivity index (χ4n) is 4.67. The third-order valence-corrected chi connectivity index (χ3v) is 8.36. The highest BCUT2D eigenvalue weighted by atomic mass is 32.2. The molecule has 0 atom stereocenters. The molecule has 0 unspecified atom stereocenters. The molecule has 42 heavy (non-hydrogen) atoms. The van der Waals surface area contributed by atoms with Crippen LogP contribution in [0.2, 0.25) is 0 Å². The minimum atomic E-state index is -3.72. The number of hydrogen-bond acceptors (Lipinski definition) is 9. The summed E-state index contributed by atoms with van der Waals surface area (Å²) in [5.41, 5.74) is 2.88. The van der Waals surface area contributed by atoms with Crippen molar-refractivity contribution >= 4 is 33.2 Å². The Hall–Kier alpha value is -4.22. The zero-order valence-electron chi connectivity index (χ0n) is 24.5. The smallest absolute Gasteiger partial charge is 0.255 e. The summed E-state index contributed by atoms with van der Waals surface area (Å²) in [7, 11) is 4.36. The van der Waals surface area contributed by atoms with Gasteiger partial charge in [-0.3, -0.25) is 4.79 Å². The van der Waals surface area contributed by atoms with Crippen molar-refractivity contribution in [1.82, 2.24) is 4.90 Å². The third kappa shape index (κ3) is 7.54. The Morgan fingerprint density at radius 2 is 1.45 bits per heavy atom. The lowest BCUT2D eigenvalue weighted by Crippen LogP contribution is -2.44. The molecule has 3 aromatic carbocycles. The molecule has 3 aromatic rings. The molecule has 0 saturated carbocycles. The lowest BCUT2D eigenvalue weighted by Gasteiger charge is -2.34. The zero-order valence-corrected chi connectivity index (χ0v) is 25.4. The molecule has 1 aliphatic rings. The number of benzene rings is 3. The zero-order chi connectivity index (χ0) is 30.3. The van der Waals surface area contributed by atoms with Crippen molar-refractivity contribution < 1.29 is 32.2 Å². The fourth-order valence-corrected chi connectivity index (χ4v) is 5.76. The number of rotatable bonds is 11. The summed E-state index contributed by atoms with van der Waals surface area (Å²) in [6.07, 6.45) is 1.43. The van der Waals surface area contributed by atoms with Crippen LogP contribution in [-0.4, -0.2) is 80.9 Å². The van der Waals surface area contributed by atoms with Crippen molar-refractivity contribution in [1.29, 1.82) is 0 Å². The number of nitrogens with one attached hydrogen (secondary N) is 1. The molecule has 10 nitrogen and oxygen atoms in total. The molecule has 1 fully saturated rings. The van der Waals surface area contributed by atoms with Gasteiger partial charge in [-0.1, -0.05) is 6.07 Å². The predicted molar refractivity (Wildman–Crippen MR) is 165 cm³/mol. The van der Waals surface area contributed by atoms with Crippen LogP contribution in [-0.2, 0) is 15.6 Å². The number of carbonyl (C=O) groups excluding carboxylic acids is 1. The minimum Gasteiger partial charge on any atom is -0.496 e. The van der Waals surface area contributed by atoms with Gasteiger partial charge in [0, 0.05) is 55.0 Å². The quantitative estimate of drug-likeness (QED) is 0.347. The van der Waals surface area contributed by atoms with Crippen LogP contribution in [0.4, 0.5) is 11.4 Å². The average molecular weight is 596 g/mol. The number of methoxy groups -OCH3 is 4. The highest BCUT2D eigenvalue weighted by molar-refractivity contribution is 7.93. The Labute approximate surface area is 247 Å². The molecule has 1 amide bonds. The van der Waals surface area contributed by atoms with Gasteiger partial charge in [0.2, 0.25) is 0 Å². The minimum absolute atomic E-state index is 0.295. The summed E-state index contributed by atoms with van der Waals surface area (Å²) in [4.78, 5) is 17.7. The fraction of sp³-hybridized carbons (Fsp3) is 0.323. The molecule has 224 valence electrons. The first-order valence-electron chi connectivity index (χ1n) is 13.4. The van der Waals surface area contributed by atoms with E-state index in [0.717, 1.165) is 37.3 Å². The second-order valence-electron chi connectivity index (χ2n) is 9.88. The molecule has 1 saturated heterocycles. The van der Waals surface area contributed by atoms with Crippen LogP contribution < -0.4 is 29.2 Å². The first kappa shape index (κ1) is 30.7. The maximum Gasteiger partial charge on any atom is 0.255 e. The van der Waals surface area contributed by atoms with Crippen molar-refractivity contribution in [3.05, 3.63) is 76.7 Å². The number of sulfone groups is 1. The maximum atomic E-state index is 13.1. The normalized spacial score (nSPS) is 14.1. The molecule has 1 N–H and O–H groups in total. The first-order valence-corrected chi connectivity index (χ1v) is 15.1. The van der Waals surface area contributed by atoms with Crippen molar-refractivity contribution in [2.75, 3.05) is 71.9 Å². The standard InChI is InChI=1S/C31H37N3O7S/c1-33-13-15-34(16-14-33)24-9-7-23(8-10-24)31(35)32-27-18-22(6-11-28(27)39-3)21-42(36,37)17-12-26-29(40-4)19-25(38-2)20-30(26)41-5/h6-12,17-20H,13-16,21H2,1-5H3,(H,32,35)/b17-12+. The van der Waals surface area contributed by atoms with Crippen LogP contribution in [0.5, 0.6) is 23.0 Å². The number of hydrogen-bond donors (Lipinski definition) is 1. The lowest BCUT2D eigenvalue weighted by molar-refractivity contribution is 0.102. The van der Waals surface area contributed by atoms with E-state index < -0.39 is 9.84 Å². The summed E-state index contributed by atoms with van der Waals surface area (Å²) in [6, 6.07) is 15.6. The highest BCUT2D eigenvalue weighted by Crippen LogP contribution is 2.35. The van der Waals surface area contributed by atoms with Gasteiger partial charge in [-0.25, -0.2) is 8.42 Å². The van der Waals surface area contributed by atoms with Gasteiger partial charge in [0.25, 0.3) is 5.91 Å². The molecule has 1 heterocycles. The van der Waals surface area contributed by atoms with Crippen molar-refractivity contribution in [3.63, 3.8) is 0 Å². The second kappa shape index (κ2) is 13.6. The molecule has 0 aliphatic carbocycles. The summed E-state index contributed by atoms with van der Waals surface area (Å²) >= 11 is 0. The Morgan fingerprint density at radius 3 is 2.02 bits per heavy atom. The van der Waals surface area contributed by atoms with Gasteiger partial charge >= 0.3 is 0 Å². The van der Waals surface area contributed by atoms with E-state index in [1.165, 1.54) is 34.5 Å². The van der Waals surface area contributed by atoms with Crippen LogP contribution in [0.3, 0.4) is 0 Å². The van der Waals surface area contributed by atoms with Crippen molar-refractivity contribution in [2.45, 2.75) is 5.75 Å². The van der Waals surface area contributed by atoms with Gasteiger partial charge in [0.05, 0.1) is 45.4 Å². The van der Waals surface area contributed by atoms with E-state index in [0.29, 0.717) is 45.4 Å². The Bertz CT molecular complexity index is 1510.